The van der Waals surface area contributed by atoms with E-state index in [0.717, 1.165) is 17.7 Å². The van der Waals surface area contributed by atoms with Crippen LogP contribution in [-0.4, -0.2) is 30.4 Å². The molecule has 1 unspecified atom stereocenters. The Hall–Kier alpha value is -3.27. The third-order valence-electron chi connectivity index (χ3n) is 4.56. The van der Waals surface area contributed by atoms with Gasteiger partial charge in [-0.25, -0.2) is 8.42 Å². The Bertz CT molecular complexity index is 1100. The Morgan fingerprint density at radius 3 is 2.39 bits per heavy atom. The van der Waals surface area contributed by atoms with E-state index in [1.807, 2.05) is 30.3 Å². The quantitative estimate of drug-likeness (QED) is 0.191. The topological polar surface area (TPSA) is 103 Å². The number of nitro benzene ring substituents is 1. The second-order valence-electron chi connectivity index (χ2n) is 6.62. The largest absolute Gasteiger partial charge is 0.469 e. The van der Waals surface area contributed by atoms with Crippen molar-refractivity contribution in [3.05, 3.63) is 107 Å². The maximum absolute atomic E-state index is 13.4. The minimum atomic E-state index is -4.04. The van der Waals surface area contributed by atoms with Crippen molar-refractivity contribution in [3.63, 3.8) is 0 Å². The van der Waals surface area contributed by atoms with Crippen LogP contribution in [0.5, 0.6) is 0 Å². The van der Waals surface area contributed by atoms with Crippen molar-refractivity contribution >= 4 is 15.7 Å². The molecule has 9 heteroatoms. The first kappa shape index (κ1) is 22.4. The number of hydrogen-bond donors (Lipinski definition) is 0. The number of benzene rings is 2. The third kappa shape index (κ3) is 5.66. The fourth-order valence-electron chi connectivity index (χ4n) is 2.96. The number of hydrogen-bond acceptors (Lipinski definition) is 6. The lowest BCUT2D eigenvalue weighted by molar-refractivity contribution is -0.384. The average Bonchev–Trinajstić information content (AvgIpc) is 3.30. The summed E-state index contributed by atoms with van der Waals surface area (Å²) in [6, 6.07) is 17.6. The van der Waals surface area contributed by atoms with Gasteiger partial charge < -0.3 is 9.15 Å². The fraction of sp³-hybridized carbons (Fsp3) is 0.182. The first-order chi connectivity index (χ1) is 14.9. The average molecular weight is 442 g/mol. The molecule has 31 heavy (non-hydrogen) atoms. The van der Waals surface area contributed by atoms with Gasteiger partial charge in [0.05, 0.1) is 22.7 Å². The monoisotopic (exact) mass is 442 g/mol. The van der Waals surface area contributed by atoms with E-state index < -0.39 is 21.2 Å². The molecule has 8 nitrogen and oxygen atoms in total. The van der Waals surface area contributed by atoms with Crippen LogP contribution in [0.4, 0.5) is 5.69 Å². The van der Waals surface area contributed by atoms with Gasteiger partial charge in [0.2, 0.25) is 10.0 Å². The minimum absolute atomic E-state index is 0.0678. The molecule has 0 N–H and O–H groups in total. The lowest BCUT2D eigenvalue weighted by Gasteiger charge is -2.28. The van der Waals surface area contributed by atoms with Gasteiger partial charge in [0.25, 0.3) is 5.69 Å². The summed E-state index contributed by atoms with van der Waals surface area (Å²) in [4.78, 5) is 10.2. The molecule has 0 aliphatic heterocycles. The highest BCUT2D eigenvalue weighted by atomic mass is 32.2. The first-order valence-electron chi connectivity index (χ1n) is 9.48. The van der Waals surface area contributed by atoms with E-state index in [1.54, 1.807) is 12.1 Å². The van der Waals surface area contributed by atoms with Crippen molar-refractivity contribution in [2.75, 3.05) is 6.54 Å². The zero-order valence-corrected chi connectivity index (χ0v) is 17.5. The highest BCUT2D eigenvalue weighted by molar-refractivity contribution is 7.89. The van der Waals surface area contributed by atoms with Crippen LogP contribution in [0.3, 0.4) is 0 Å². The molecule has 0 aliphatic rings. The molecular weight excluding hydrogens is 420 g/mol. The number of rotatable bonds is 11. The van der Waals surface area contributed by atoms with Crippen LogP contribution < -0.4 is 0 Å². The van der Waals surface area contributed by atoms with Crippen molar-refractivity contribution in [3.8, 4) is 0 Å². The Morgan fingerprint density at radius 1 is 1.10 bits per heavy atom. The normalized spacial score (nSPS) is 12.5. The van der Waals surface area contributed by atoms with E-state index in [4.69, 9.17) is 9.15 Å². The molecule has 1 atom stereocenters. The van der Waals surface area contributed by atoms with Crippen LogP contribution in [-0.2, 0) is 27.8 Å². The Balaban J connectivity index is 1.87. The van der Waals surface area contributed by atoms with E-state index in [9.17, 15) is 18.5 Å². The molecule has 1 heterocycles. The van der Waals surface area contributed by atoms with Crippen molar-refractivity contribution in [2.45, 2.75) is 24.2 Å². The van der Waals surface area contributed by atoms with Gasteiger partial charge in [0.15, 0.2) is 0 Å². The van der Waals surface area contributed by atoms with Crippen molar-refractivity contribution in [1.29, 1.82) is 0 Å². The highest BCUT2D eigenvalue weighted by Crippen LogP contribution is 2.23. The van der Waals surface area contributed by atoms with Crippen molar-refractivity contribution in [1.82, 2.24) is 4.31 Å². The van der Waals surface area contributed by atoms with Gasteiger partial charge >= 0.3 is 0 Å². The predicted octanol–water partition coefficient (Wildman–Crippen LogP) is 4.15. The van der Waals surface area contributed by atoms with E-state index >= 15 is 0 Å². The zero-order valence-electron chi connectivity index (χ0n) is 16.7. The molecular formula is C22H22N2O6S. The van der Waals surface area contributed by atoms with Gasteiger partial charge in [0, 0.05) is 25.1 Å². The standard InChI is InChI=1S/C22H22N2O6S/c1-2-22(30-17-18-7-4-3-5-8-18)23(15-14-20-9-6-16-29-20)31(27,28)21-12-10-19(11-13-21)24(25)26/h2-13,16,22H,1,14-15,17H2. The van der Waals surface area contributed by atoms with E-state index in [0.29, 0.717) is 12.2 Å². The van der Waals surface area contributed by atoms with Gasteiger partial charge in [0.1, 0.15) is 12.0 Å². The predicted molar refractivity (Wildman–Crippen MR) is 115 cm³/mol. The minimum Gasteiger partial charge on any atom is -0.469 e. The number of nitro groups is 1. The highest BCUT2D eigenvalue weighted by Gasteiger charge is 2.31. The second kappa shape index (κ2) is 10.2. The molecule has 2 aromatic carbocycles. The lowest BCUT2D eigenvalue weighted by Crippen LogP contribution is -2.42. The number of nitrogens with zero attached hydrogens (tertiary/aromatic N) is 2. The molecule has 0 bridgehead atoms. The summed E-state index contributed by atoms with van der Waals surface area (Å²) in [5.74, 6) is 0.620. The van der Waals surface area contributed by atoms with Crippen LogP contribution in [0.25, 0.3) is 0 Å². The Morgan fingerprint density at radius 2 is 1.81 bits per heavy atom. The van der Waals surface area contributed by atoms with Crippen LogP contribution in [0, 0.1) is 10.1 Å². The maximum atomic E-state index is 13.4. The molecule has 0 radical (unpaired) electrons. The van der Waals surface area contributed by atoms with Crippen LogP contribution in [0.1, 0.15) is 11.3 Å². The number of sulfonamides is 1. The lowest BCUT2D eigenvalue weighted by atomic mass is 10.2. The maximum Gasteiger partial charge on any atom is 0.269 e. The van der Waals surface area contributed by atoms with Crippen LogP contribution >= 0.6 is 0 Å². The fourth-order valence-corrected chi connectivity index (χ4v) is 4.46. The molecule has 0 aliphatic carbocycles. The molecule has 162 valence electrons. The van der Waals surface area contributed by atoms with E-state index in [-0.39, 0.29) is 23.7 Å². The van der Waals surface area contributed by atoms with Gasteiger partial charge in [-0.1, -0.05) is 36.9 Å². The first-order valence-corrected chi connectivity index (χ1v) is 10.9. The van der Waals surface area contributed by atoms with E-state index in [1.165, 1.54) is 28.8 Å². The van der Waals surface area contributed by atoms with Gasteiger partial charge in [-0.05, 0) is 35.9 Å². The molecule has 0 amide bonds. The smallest absolute Gasteiger partial charge is 0.269 e. The van der Waals surface area contributed by atoms with E-state index in [2.05, 4.69) is 6.58 Å². The summed E-state index contributed by atoms with van der Waals surface area (Å²) in [6.45, 7) is 3.99. The zero-order chi connectivity index (χ0) is 22.3. The van der Waals surface area contributed by atoms with Crippen molar-refractivity contribution < 1.29 is 22.5 Å². The van der Waals surface area contributed by atoms with Gasteiger partial charge in [-0.15, -0.1) is 0 Å². The molecule has 3 rings (SSSR count). The summed E-state index contributed by atoms with van der Waals surface area (Å²) in [5, 5.41) is 10.9. The molecule has 0 saturated heterocycles. The van der Waals surface area contributed by atoms with Gasteiger partial charge in [-0.3, -0.25) is 10.1 Å². The Labute approximate surface area is 180 Å². The summed E-state index contributed by atoms with van der Waals surface area (Å²) in [6.07, 6.45) is 2.29. The molecule has 0 spiro atoms. The molecule has 0 fully saturated rings. The van der Waals surface area contributed by atoms with Gasteiger partial charge in [-0.2, -0.15) is 4.31 Å². The summed E-state index contributed by atoms with van der Waals surface area (Å²) < 4.78 is 39.1. The van der Waals surface area contributed by atoms with Crippen LogP contribution in [0.2, 0.25) is 0 Å². The number of furan rings is 1. The number of ether oxygens (including phenoxy) is 1. The van der Waals surface area contributed by atoms with Crippen LogP contribution in [0.15, 0.2) is 95.0 Å². The molecule has 3 aromatic rings. The Kier molecular flexibility index (Phi) is 7.35. The third-order valence-corrected chi connectivity index (χ3v) is 6.44. The SMILES string of the molecule is C=CC(OCc1ccccc1)N(CCc1ccco1)S(=O)(=O)c1ccc([N+](=O)[O-])cc1. The summed E-state index contributed by atoms with van der Waals surface area (Å²) >= 11 is 0. The molecule has 0 saturated carbocycles. The van der Waals surface area contributed by atoms with Crippen molar-refractivity contribution in [2.24, 2.45) is 0 Å². The summed E-state index contributed by atoms with van der Waals surface area (Å²) in [5.41, 5.74) is 0.690. The number of non-ortho nitro benzene ring substituents is 1. The summed E-state index contributed by atoms with van der Waals surface area (Å²) in [7, 11) is -4.04. The molecule has 1 aromatic heterocycles. The second-order valence-corrected chi connectivity index (χ2v) is 8.51.